The molecule has 0 atom stereocenters. The molecule has 0 aliphatic carbocycles. The summed E-state index contributed by atoms with van der Waals surface area (Å²) in [7, 11) is 4.03. The molecular weight excluding hydrogens is 284 g/mol. The van der Waals surface area contributed by atoms with Crippen LogP contribution in [0.4, 0.5) is 5.69 Å². The Bertz CT molecular complexity index is 630. The topological polar surface area (TPSA) is 53.4 Å². The molecule has 0 radical (unpaired) electrons. The van der Waals surface area contributed by atoms with E-state index in [1.807, 2.05) is 14.1 Å². The van der Waals surface area contributed by atoms with E-state index in [2.05, 4.69) is 48.0 Å². The van der Waals surface area contributed by atoms with Crippen molar-refractivity contribution < 1.29 is 9.90 Å². The minimum absolute atomic E-state index is 0.131. The molecule has 1 heterocycles. The first kappa shape index (κ1) is 15.5. The summed E-state index contributed by atoms with van der Waals surface area (Å²) < 4.78 is 0. The zero-order valence-electron chi connectivity index (χ0n) is 12.8. The van der Waals surface area contributed by atoms with Crippen LogP contribution in [0.15, 0.2) is 29.6 Å². The van der Waals surface area contributed by atoms with Gasteiger partial charge in [-0.1, -0.05) is 26.0 Å². The minimum atomic E-state index is -0.969. The minimum Gasteiger partial charge on any atom is -0.476 e. The lowest BCUT2D eigenvalue weighted by molar-refractivity contribution is 0.0691. The van der Waals surface area contributed by atoms with Gasteiger partial charge >= 0.3 is 5.97 Å². The number of nitrogens with zero attached hydrogens (tertiary/aromatic N) is 2. The van der Waals surface area contributed by atoms with Crippen LogP contribution in [-0.2, 0) is 11.8 Å². The maximum absolute atomic E-state index is 10.9. The number of aromatic carboxylic acids is 1. The van der Waals surface area contributed by atoms with Crippen LogP contribution < -0.4 is 4.90 Å². The summed E-state index contributed by atoms with van der Waals surface area (Å²) in [6.07, 6.45) is 0.827. The van der Waals surface area contributed by atoms with Crippen molar-refractivity contribution in [2.75, 3.05) is 19.0 Å². The van der Waals surface area contributed by atoms with Crippen molar-refractivity contribution in [3.8, 4) is 0 Å². The summed E-state index contributed by atoms with van der Waals surface area (Å²) >= 11 is 1.41. The maximum atomic E-state index is 10.9. The van der Waals surface area contributed by atoms with Crippen LogP contribution in [0.5, 0.6) is 0 Å². The van der Waals surface area contributed by atoms with Gasteiger partial charge < -0.3 is 10.0 Å². The third kappa shape index (κ3) is 3.61. The highest BCUT2D eigenvalue weighted by Crippen LogP contribution is 2.30. The molecular formula is C16H20N2O2S. The molecule has 2 rings (SSSR count). The number of aromatic nitrogens is 1. The molecule has 1 aromatic heterocycles. The first-order chi connectivity index (χ1) is 9.79. The van der Waals surface area contributed by atoms with E-state index in [4.69, 9.17) is 5.11 Å². The Morgan fingerprint density at radius 1 is 1.29 bits per heavy atom. The number of hydrogen-bond donors (Lipinski definition) is 1. The molecule has 0 spiro atoms. The first-order valence-corrected chi connectivity index (χ1v) is 7.63. The quantitative estimate of drug-likeness (QED) is 0.919. The average Bonchev–Trinajstić information content (AvgIpc) is 2.89. The van der Waals surface area contributed by atoms with Gasteiger partial charge in [-0.05, 0) is 24.1 Å². The van der Waals surface area contributed by atoms with Crippen molar-refractivity contribution in [3.05, 3.63) is 45.9 Å². The number of hydrogen-bond acceptors (Lipinski definition) is 4. The number of carboxylic acid groups (broad SMARTS) is 1. The molecule has 0 amide bonds. The van der Waals surface area contributed by atoms with Crippen LogP contribution in [0.3, 0.4) is 0 Å². The van der Waals surface area contributed by atoms with Crippen LogP contribution >= 0.6 is 11.3 Å². The molecule has 0 aliphatic rings. The van der Waals surface area contributed by atoms with Crippen LogP contribution in [0.25, 0.3) is 0 Å². The van der Waals surface area contributed by atoms with Crippen molar-refractivity contribution in [2.45, 2.75) is 25.7 Å². The van der Waals surface area contributed by atoms with E-state index in [1.54, 1.807) is 5.38 Å². The molecule has 0 fully saturated rings. The SMILES string of the molecule is CN(C)c1ccc(CC(C)(C)c2nc(C(=O)O)cs2)cc1. The van der Waals surface area contributed by atoms with Crippen molar-refractivity contribution in [1.29, 1.82) is 0 Å². The molecule has 1 aromatic carbocycles. The molecule has 0 unspecified atom stereocenters. The third-order valence-corrected chi connectivity index (χ3v) is 4.61. The molecule has 0 saturated heterocycles. The smallest absolute Gasteiger partial charge is 0.355 e. The predicted octanol–water partition coefficient (Wildman–Crippen LogP) is 3.43. The lowest BCUT2D eigenvalue weighted by atomic mass is 9.86. The molecule has 0 aliphatic heterocycles. The molecule has 2 aromatic rings. The van der Waals surface area contributed by atoms with Crippen LogP contribution in [0, 0.1) is 0 Å². The second-order valence-electron chi connectivity index (χ2n) is 5.96. The number of carbonyl (C=O) groups is 1. The summed E-state index contributed by atoms with van der Waals surface area (Å²) in [4.78, 5) is 17.2. The zero-order valence-corrected chi connectivity index (χ0v) is 13.6. The van der Waals surface area contributed by atoms with Gasteiger partial charge in [-0.3, -0.25) is 0 Å². The summed E-state index contributed by atoms with van der Waals surface area (Å²) in [5.41, 5.74) is 2.33. The molecule has 112 valence electrons. The number of anilines is 1. The standard InChI is InChI=1S/C16H20N2O2S/c1-16(2,15-17-13(10-21-15)14(19)20)9-11-5-7-12(8-6-11)18(3)4/h5-8,10H,9H2,1-4H3,(H,19,20). The number of thiazole rings is 1. The summed E-state index contributed by atoms with van der Waals surface area (Å²) in [6, 6.07) is 8.41. The monoisotopic (exact) mass is 304 g/mol. The average molecular weight is 304 g/mol. The van der Waals surface area contributed by atoms with E-state index in [1.165, 1.54) is 22.6 Å². The normalized spacial score (nSPS) is 11.4. The lowest BCUT2D eigenvalue weighted by Gasteiger charge is -2.22. The van der Waals surface area contributed by atoms with Gasteiger partial charge in [0.2, 0.25) is 0 Å². The Morgan fingerprint density at radius 2 is 1.90 bits per heavy atom. The van der Waals surface area contributed by atoms with Gasteiger partial charge in [-0.25, -0.2) is 9.78 Å². The second kappa shape index (κ2) is 5.85. The number of benzene rings is 1. The van der Waals surface area contributed by atoms with Gasteiger partial charge in [0, 0.05) is 30.6 Å². The fourth-order valence-electron chi connectivity index (χ4n) is 2.18. The molecule has 4 nitrogen and oxygen atoms in total. The summed E-state index contributed by atoms with van der Waals surface area (Å²) in [5, 5.41) is 11.4. The van der Waals surface area contributed by atoms with E-state index in [-0.39, 0.29) is 11.1 Å². The number of rotatable bonds is 5. The second-order valence-corrected chi connectivity index (χ2v) is 6.82. The number of carboxylic acids is 1. The highest BCUT2D eigenvalue weighted by Gasteiger charge is 2.26. The fraction of sp³-hybridized carbons (Fsp3) is 0.375. The maximum Gasteiger partial charge on any atom is 0.355 e. The van der Waals surface area contributed by atoms with E-state index < -0.39 is 5.97 Å². The highest BCUT2D eigenvalue weighted by atomic mass is 32.1. The van der Waals surface area contributed by atoms with Gasteiger partial charge in [-0.2, -0.15) is 0 Å². The van der Waals surface area contributed by atoms with Crippen LogP contribution in [0.1, 0.15) is 34.9 Å². The predicted molar refractivity (Wildman–Crippen MR) is 86.6 cm³/mol. The highest BCUT2D eigenvalue weighted by molar-refractivity contribution is 7.10. The first-order valence-electron chi connectivity index (χ1n) is 6.75. The summed E-state index contributed by atoms with van der Waals surface area (Å²) in [5.74, 6) is -0.969. The largest absolute Gasteiger partial charge is 0.476 e. The van der Waals surface area contributed by atoms with Gasteiger partial charge in [-0.15, -0.1) is 11.3 Å². The van der Waals surface area contributed by atoms with E-state index in [0.29, 0.717) is 0 Å². The molecule has 0 saturated carbocycles. The van der Waals surface area contributed by atoms with Gasteiger partial charge in [0.25, 0.3) is 0 Å². The lowest BCUT2D eigenvalue weighted by Crippen LogP contribution is -2.20. The molecule has 5 heteroatoms. The van der Waals surface area contributed by atoms with E-state index >= 15 is 0 Å². The fourth-order valence-corrected chi connectivity index (χ4v) is 3.10. The Kier molecular flexibility index (Phi) is 4.32. The Balaban J connectivity index is 2.17. The zero-order chi connectivity index (χ0) is 15.6. The summed E-state index contributed by atoms with van der Waals surface area (Å²) in [6.45, 7) is 4.19. The van der Waals surface area contributed by atoms with Crippen molar-refractivity contribution >= 4 is 23.0 Å². The van der Waals surface area contributed by atoms with Crippen molar-refractivity contribution in [1.82, 2.24) is 4.98 Å². The Labute approximate surface area is 129 Å². The van der Waals surface area contributed by atoms with Gasteiger partial charge in [0.1, 0.15) is 0 Å². The van der Waals surface area contributed by atoms with Gasteiger partial charge in [0.05, 0.1) is 5.01 Å². The molecule has 1 N–H and O–H groups in total. The molecule has 0 bridgehead atoms. The van der Waals surface area contributed by atoms with Crippen molar-refractivity contribution in [3.63, 3.8) is 0 Å². The van der Waals surface area contributed by atoms with E-state index in [0.717, 1.165) is 11.4 Å². The Hall–Kier alpha value is -1.88. The van der Waals surface area contributed by atoms with Crippen molar-refractivity contribution in [2.24, 2.45) is 0 Å². The van der Waals surface area contributed by atoms with E-state index in [9.17, 15) is 4.79 Å². The Morgan fingerprint density at radius 3 is 2.38 bits per heavy atom. The molecule has 21 heavy (non-hydrogen) atoms. The van der Waals surface area contributed by atoms with Crippen LogP contribution in [-0.4, -0.2) is 30.2 Å². The van der Waals surface area contributed by atoms with Gasteiger partial charge in [0.15, 0.2) is 5.69 Å². The van der Waals surface area contributed by atoms with Crippen LogP contribution in [0.2, 0.25) is 0 Å². The third-order valence-electron chi connectivity index (χ3n) is 3.40.